The number of hydrogen-bond donors (Lipinski definition) is 1. The van der Waals surface area contributed by atoms with Crippen molar-refractivity contribution in [1.82, 2.24) is 15.5 Å². The zero-order valence-corrected chi connectivity index (χ0v) is 12.9. The molecule has 0 aliphatic rings. The molecule has 4 nitrogen and oxygen atoms in total. The Balaban J connectivity index is 2.29. The summed E-state index contributed by atoms with van der Waals surface area (Å²) in [5.41, 5.74) is 2.27. The maximum Gasteiger partial charge on any atom is 0.248 e. The average molecular weight is 273 g/mol. The van der Waals surface area contributed by atoms with Gasteiger partial charge in [-0.15, -0.1) is 10.2 Å². The van der Waals surface area contributed by atoms with Gasteiger partial charge in [0.15, 0.2) is 0 Å². The molecule has 1 N–H and O–H groups in total. The minimum Gasteiger partial charge on any atom is -0.419 e. The van der Waals surface area contributed by atoms with Crippen molar-refractivity contribution in [3.63, 3.8) is 0 Å². The number of nitrogens with zero attached hydrogens (tertiary/aromatic N) is 2. The second-order valence-corrected chi connectivity index (χ2v) is 6.33. The van der Waals surface area contributed by atoms with Gasteiger partial charge >= 0.3 is 0 Å². The average Bonchev–Trinajstić information content (AvgIpc) is 2.84. The molecule has 2 aromatic rings. The van der Waals surface area contributed by atoms with Gasteiger partial charge in [-0.25, -0.2) is 0 Å². The molecule has 0 amide bonds. The molecule has 0 saturated carbocycles. The Morgan fingerprint density at radius 1 is 1.15 bits per heavy atom. The standard InChI is InChI=1S/C16H23N3O/c1-11(2)17-10-14-18-19-15(20-14)12-8-6-7-9-13(12)16(3,4)5/h6-9,11,17H,10H2,1-5H3. The molecule has 0 aliphatic carbocycles. The Kier molecular flexibility index (Phi) is 4.23. The van der Waals surface area contributed by atoms with E-state index in [-0.39, 0.29) is 5.41 Å². The SMILES string of the molecule is CC(C)NCc1nnc(-c2ccccc2C(C)(C)C)o1. The third-order valence-corrected chi connectivity index (χ3v) is 3.09. The van der Waals surface area contributed by atoms with Crippen LogP contribution in [-0.4, -0.2) is 16.2 Å². The minimum absolute atomic E-state index is 0.0431. The van der Waals surface area contributed by atoms with Crippen molar-refractivity contribution in [2.75, 3.05) is 0 Å². The first-order valence-electron chi connectivity index (χ1n) is 7.03. The summed E-state index contributed by atoms with van der Waals surface area (Å²) in [6, 6.07) is 8.59. The van der Waals surface area contributed by atoms with Crippen molar-refractivity contribution in [3.8, 4) is 11.5 Å². The van der Waals surface area contributed by atoms with E-state index in [0.717, 1.165) is 5.56 Å². The fourth-order valence-corrected chi connectivity index (χ4v) is 2.05. The first-order chi connectivity index (χ1) is 9.38. The molecular weight excluding hydrogens is 250 g/mol. The maximum absolute atomic E-state index is 5.77. The maximum atomic E-state index is 5.77. The summed E-state index contributed by atoms with van der Waals surface area (Å²) in [5.74, 6) is 1.22. The zero-order valence-electron chi connectivity index (χ0n) is 12.9. The molecule has 4 heteroatoms. The highest BCUT2D eigenvalue weighted by Crippen LogP contribution is 2.31. The lowest BCUT2D eigenvalue weighted by Gasteiger charge is -2.21. The number of hydrogen-bond acceptors (Lipinski definition) is 4. The molecular formula is C16H23N3O. The molecule has 0 radical (unpaired) electrons. The molecule has 0 bridgehead atoms. The van der Waals surface area contributed by atoms with E-state index in [1.807, 2.05) is 18.2 Å². The monoisotopic (exact) mass is 273 g/mol. The van der Waals surface area contributed by atoms with Crippen molar-refractivity contribution in [1.29, 1.82) is 0 Å². The lowest BCUT2D eigenvalue weighted by Crippen LogP contribution is -2.21. The van der Waals surface area contributed by atoms with Crippen molar-refractivity contribution >= 4 is 0 Å². The van der Waals surface area contributed by atoms with Crippen molar-refractivity contribution in [3.05, 3.63) is 35.7 Å². The third-order valence-electron chi connectivity index (χ3n) is 3.09. The van der Waals surface area contributed by atoms with Crippen LogP contribution in [0.2, 0.25) is 0 Å². The van der Waals surface area contributed by atoms with Gasteiger partial charge in [0.1, 0.15) is 0 Å². The van der Waals surface area contributed by atoms with Gasteiger partial charge in [-0.3, -0.25) is 0 Å². The van der Waals surface area contributed by atoms with Crippen LogP contribution in [0.15, 0.2) is 28.7 Å². The highest BCUT2D eigenvalue weighted by molar-refractivity contribution is 5.60. The predicted molar refractivity (Wildman–Crippen MR) is 80.4 cm³/mol. The fraction of sp³-hybridized carbons (Fsp3) is 0.500. The molecule has 0 saturated heterocycles. The summed E-state index contributed by atoms with van der Waals surface area (Å²) in [6.45, 7) is 11.3. The molecule has 0 unspecified atom stereocenters. The molecule has 0 spiro atoms. The Bertz CT molecular complexity index is 567. The van der Waals surface area contributed by atoms with E-state index in [4.69, 9.17) is 4.42 Å². The van der Waals surface area contributed by atoms with Crippen LogP contribution in [0.3, 0.4) is 0 Å². The van der Waals surface area contributed by atoms with Crippen LogP contribution in [0.5, 0.6) is 0 Å². The zero-order chi connectivity index (χ0) is 14.8. The van der Waals surface area contributed by atoms with E-state index in [9.17, 15) is 0 Å². The van der Waals surface area contributed by atoms with Gasteiger partial charge in [0, 0.05) is 11.6 Å². The second-order valence-electron chi connectivity index (χ2n) is 6.33. The Morgan fingerprint density at radius 3 is 2.50 bits per heavy atom. The van der Waals surface area contributed by atoms with Crippen molar-refractivity contribution < 1.29 is 4.42 Å². The Labute approximate surface area is 120 Å². The van der Waals surface area contributed by atoms with Gasteiger partial charge in [0.2, 0.25) is 11.8 Å². The molecule has 20 heavy (non-hydrogen) atoms. The van der Waals surface area contributed by atoms with Crippen molar-refractivity contribution in [2.24, 2.45) is 0 Å². The van der Waals surface area contributed by atoms with E-state index >= 15 is 0 Å². The fourth-order valence-electron chi connectivity index (χ4n) is 2.05. The third kappa shape index (κ3) is 3.45. The van der Waals surface area contributed by atoms with E-state index in [0.29, 0.717) is 24.4 Å². The lowest BCUT2D eigenvalue weighted by atomic mass is 9.84. The molecule has 2 rings (SSSR count). The number of benzene rings is 1. The molecule has 1 aromatic carbocycles. The predicted octanol–water partition coefficient (Wildman–Crippen LogP) is 3.53. The summed E-state index contributed by atoms with van der Waals surface area (Å²) in [7, 11) is 0. The molecule has 1 aromatic heterocycles. The topological polar surface area (TPSA) is 51.0 Å². The summed E-state index contributed by atoms with van der Waals surface area (Å²) < 4.78 is 5.77. The normalized spacial score (nSPS) is 12.1. The van der Waals surface area contributed by atoms with Crippen LogP contribution in [0.25, 0.3) is 11.5 Å². The molecule has 1 heterocycles. The second kappa shape index (κ2) is 5.75. The summed E-state index contributed by atoms with van der Waals surface area (Å²) >= 11 is 0. The van der Waals surface area contributed by atoms with Gasteiger partial charge < -0.3 is 9.73 Å². The van der Waals surface area contributed by atoms with E-state index < -0.39 is 0 Å². The van der Waals surface area contributed by atoms with Gasteiger partial charge in [0.05, 0.1) is 6.54 Å². The van der Waals surface area contributed by atoms with Crippen LogP contribution in [0, 0.1) is 0 Å². The molecule has 0 aliphatic heterocycles. The quantitative estimate of drug-likeness (QED) is 0.925. The van der Waals surface area contributed by atoms with Gasteiger partial charge in [-0.05, 0) is 17.0 Å². The highest BCUT2D eigenvalue weighted by Gasteiger charge is 2.21. The van der Waals surface area contributed by atoms with Crippen LogP contribution in [0.1, 0.15) is 46.1 Å². The van der Waals surface area contributed by atoms with Gasteiger partial charge in [-0.2, -0.15) is 0 Å². The number of rotatable bonds is 4. The van der Waals surface area contributed by atoms with Crippen LogP contribution in [0.4, 0.5) is 0 Å². The van der Waals surface area contributed by atoms with Crippen LogP contribution < -0.4 is 5.32 Å². The number of aromatic nitrogens is 2. The van der Waals surface area contributed by atoms with Crippen LogP contribution in [-0.2, 0) is 12.0 Å². The summed E-state index contributed by atoms with van der Waals surface area (Å²) in [5, 5.41) is 11.6. The minimum atomic E-state index is 0.0431. The smallest absolute Gasteiger partial charge is 0.248 e. The Morgan fingerprint density at radius 2 is 1.85 bits per heavy atom. The molecule has 0 atom stereocenters. The van der Waals surface area contributed by atoms with E-state index in [2.05, 4.69) is 56.2 Å². The first-order valence-corrected chi connectivity index (χ1v) is 7.03. The first kappa shape index (κ1) is 14.7. The van der Waals surface area contributed by atoms with E-state index in [1.165, 1.54) is 5.56 Å². The summed E-state index contributed by atoms with van der Waals surface area (Å²) in [6.07, 6.45) is 0. The lowest BCUT2D eigenvalue weighted by molar-refractivity contribution is 0.457. The highest BCUT2D eigenvalue weighted by atomic mass is 16.4. The largest absolute Gasteiger partial charge is 0.419 e. The summed E-state index contributed by atoms with van der Waals surface area (Å²) in [4.78, 5) is 0. The molecule has 0 fully saturated rings. The van der Waals surface area contributed by atoms with Crippen LogP contribution >= 0.6 is 0 Å². The van der Waals surface area contributed by atoms with Gasteiger partial charge in [-0.1, -0.05) is 52.8 Å². The molecule has 108 valence electrons. The Hall–Kier alpha value is -1.68. The van der Waals surface area contributed by atoms with E-state index in [1.54, 1.807) is 0 Å². The van der Waals surface area contributed by atoms with Crippen molar-refractivity contribution in [2.45, 2.75) is 52.6 Å². The van der Waals surface area contributed by atoms with Gasteiger partial charge in [0.25, 0.3) is 0 Å². The number of nitrogens with one attached hydrogen (secondary N) is 1.